The largest absolute Gasteiger partial charge is 0.504 e. The van der Waals surface area contributed by atoms with Gasteiger partial charge in [-0.3, -0.25) is 14.5 Å². The number of rotatable bonds is 4. The Morgan fingerprint density at radius 2 is 1.97 bits per heavy atom. The van der Waals surface area contributed by atoms with Gasteiger partial charge < -0.3 is 14.8 Å². The molecule has 2 heterocycles. The molecular formula is C20H16ClN3O5S. The van der Waals surface area contributed by atoms with Crippen molar-refractivity contribution in [3.8, 4) is 5.75 Å². The van der Waals surface area contributed by atoms with E-state index in [4.69, 9.17) is 16.0 Å². The second kappa shape index (κ2) is 7.19. The van der Waals surface area contributed by atoms with E-state index in [-0.39, 0.29) is 21.9 Å². The lowest BCUT2D eigenvalue weighted by molar-refractivity contribution is 0.102. The van der Waals surface area contributed by atoms with Gasteiger partial charge in [0.1, 0.15) is 5.58 Å². The minimum Gasteiger partial charge on any atom is -0.504 e. The number of hydrogen-bond acceptors (Lipinski definition) is 6. The third-order valence-corrected chi connectivity index (χ3v) is 5.37. The Bertz CT molecular complexity index is 1410. The molecule has 0 fully saturated rings. The summed E-state index contributed by atoms with van der Waals surface area (Å²) in [5.41, 5.74) is 2.14. The molecule has 3 N–H and O–H groups in total. The van der Waals surface area contributed by atoms with Crippen LogP contribution in [0.3, 0.4) is 0 Å². The van der Waals surface area contributed by atoms with Crippen LogP contribution in [0.25, 0.3) is 21.9 Å². The molecular weight excluding hydrogens is 430 g/mol. The summed E-state index contributed by atoms with van der Waals surface area (Å²) in [6, 6.07) is 7.46. The van der Waals surface area contributed by atoms with Crippen LogP contribution in [-0.4, -0.2) is 30.7 Å². The van der Waals surface area contributed by atoms with Crippen molar-refractivity contribution in [3.63, 3.8) is 0 Å². The minimum absolute atomic E-state index is 0.117. The first-order chi connectivity index (χ1) is 14.1. The van der Waals surface area contributed by atoms with Crippen molar-refractivity contribution in [1.29, 1.82) is 0 Å². The quantitative estimate of drug-likeness (QED) is 0.431. The molecule has 0 saturated carbocycles. The van der Waals surface area contributed by atoms with E-state index in [1.165, 1.54) is 24.4 Å². The van der Waals surface area contributed by atoms with Gasteiger partial charge in [0.05, 0.1) is 22.5 Å². The highest BCUT2D eigenvalue weighted by Crippen LogP contribution is 2.38. The smallest absolute Gasteiger partial charge is 0.256 e. The molecule has 0 spiro atoms. The van der Waals surface area contributed by atoms with E-state index in [0.29, 0.717) is 33.3 Å². The topological polar surface area (TPSA) is 122 Å². The van der Waals surface area contributed by atoms with Crippen molar-refractivity contribution >= 4 is 60.8 Å². The summed E-state index contributed by atoms with van der Waals surface area (Å²) in [5, 5.41) is 14.1. The molecule has 8 nitrogen and oxygen atoms in total. The summed E-state index contributed by atoms with van der Waals surface area (Å²) in [4.78, 5) is 17.0. The Balaban J connectivity index is 1.89. The van der Waals surface area contributed by atoms with Crippen LogP contribution in [0.5, 0.6) is 5.75 Å². The average Bonchev–Trinajstić information content (AvgIpc) is 3.03. The van der Waals surface area contributed by atoms with Crippen LogP contribution < -0.4 is 10.0 Å². The molecule has 0 aliphatic carbocycles. The number of nitrogens with zero attached hydrogens (tertiary/aromatic N) is 1. The van der Waals surface area contributed by atoms with Crippen LogP contribution in [0.2, 0.25) is 5.02 Å². The molecule has 0 saturated heterocycles. The molecule has 4 rings (SSSR count). The fourth-order valence-electron chi connectivity index (χ4n) is 3.20. The van der Waals surface area contributed by atoms with Crippen LogP contribution in [0.1, 0.15) is 15.9 Å². The number of aromatic nitrogens is 1. The number of anilines is 2. The Hall–Kier alpha value is -3.30. The third-order valence-electron chi connectivity index (χ3n) is 4.47. The monoisotopic (exact) mass is 445 g/mol. The third kappa shape index (κ3) is 3.64. The number of benzene rings is 2. The number of amides is 1. The van der Waals surface area contributed by atoms with Gasteiger partial charge in [0, 0.05) is 28.9 Å². The highest BCUT2D eigenvalue weighted by Gasteiger charge is 2.21. The first-order valence-electron chi connectivity index (χ1n) is 8.71. The number of hydrogen-bond donors (Lipinski definition) is 3. The number of aromatic hydroxyl groups is 1. The Labute approximate surface area is 176 Å². The second-order valence-electron chi connectivity index (χ2n) is 6.79. The van der Waals surface area contributed by atoms with E-state index in [1.807, 2.05) is 0 Å². The summed E-state index contributed by atoms with van der Waals surface area (Å²) < 4.78 is 31.3. The summed E-state index contributed by atoms with van der Waals surface area (Å²) in [7, 11) is -3.50. The number of sulfonamides is 1. The van der Waals surface area contributed by atoms with E-state index < -0.39 is 15.9 Å². The van der Waals surface area contributed by atoms with Crippen molar-refractivity contribution in [2.24, 2.45) is 0 Å². The highest BCUT2D eigenvalue weighted by molar-refractivity contribution is 7.92. The number of aryl methyl sites for hydroxylation is 1. The molecule has 2 aromatic carbocycles. The number of fused-ring (bicyclic) bond motifs is 3. The molecule has 0 aliphatic heterocycles. The molecule has 1 amide bonds. The van der Waals surface area contributed by atoms with Gasteiger partial charge in [-0.1, -0.05) is 11.6 Å². The molecule has 154 valence electrons. The maximum atomic E-state index is 13.1. The zero-order valence-electron chi connectivity index (χ0n) is 15.9. The van der Waals surface area contributed by atoms with Crippen LogP contribution in [0.4, 0.5) is 11.4 Å². The van der Waals surface area contributed by atoms with Gasteiger partial charge in [-0.15, -0.1) is 0 Å². The van der Waals surface area contributed by atoms with E-state index >= 15 is 0 Å². The van der Waals surface area contributed by atoms with E-state index in [9.17, 15) is 18.3 Å². The minimum atomic E-state index is -3.50. The summed E-state index contributed by atoms with van der Waals surface area (Å²) in [6.45, 7) is 1.76. The van der Waals surface area contributed by atoms with Gasteiger partial charge in [0.2, 0.25) is 10.0 Å². The van der Waals surface area contributed by atoms with Crippen LogP contribution in [0, 0.1) is 6.92 Å². The molecule has 2 aromatic heterocycles. The molecule has 0 aliphatic rings. The van der Waals surface area contributed by atoms with Crippen LogP contribution in [-0.2, 0) is 10.0 Å². The van der Waals surface area contributed by atoms with Gasteiger partial charge in [-0.05, 0) is 42.8 Å². The van der Waals surface area contributed by atoms with Gasteiger partial charge >= 0.3 is 0 Å². The van der Waals surface area contributed by atoms with Gasteiger partial charge in [0.25, 0.3) is 5.91 Å². The lowest BCUT2D eigenvalue weighted by Crippen LogP contribution is -2.13. The second-order valence-corrected chi connectivity index (χ2v) is 8.95. The van der Waals surface area contributed by atoms with Gasteiger partial charge in [-0.25, -0.2) is 8.42 Å². The SMILES string of the molecule is Cc1cncc(Cl)c1NC(=O)c1ccc(O)c2oc3ccc(NS(C)(=O)=O)cc3c12. The van der Waals surface area contributed by atoms with E-state index in [0.717, 1.165) is 6.26 Å². The number of nitrogens with one attached hydrogen (secondary N) is 2. The van der Waals surface area contributed by atoms with Crippen molar-refractivity contribution in [3.05, 3.63) is 58.9 Å². The zero-order valence-corrected chi connectivity index (χ0v) is 17.4. The number of phenolic OH excluding ortho intramolecular Hbond substituents is 1. The number of carbonyl (C=O) groups excluding carboxylic acids is 1. The van der Waals surface area contributed by atoms with Crippen molar-refractivity contribution in [2.45, 2.75) is 6.92 Å². The standard InChI is InChI=1S/C20H16ClN3O5S/c1-10-8-22-9-14(21)18(10)23-20(26)12-4-5-15(25)19-17(12)13-7-11(24-30(2,27)28)3-6-16(13)29-19/h3-9,24-25H,1-2H3,(H,22,23,26). The average molecular weight is 446 g/mol. The Morgan fingerprint density at radius 3 is 2.67 bits per heavy atom. The number of pyridine rings is 1. The highest BCUT2D eigenvalue weighted by atomic mass is 35.5. The zero-order chi connectivity index (χ0) is 21.6. The fourth-order valence-corrected chi connectivity index (χ4v) is 4.01. The molecule has 4 aromatic rings. The molecule has 0 bridgehead atoms. The predicted molar refractivity (Wildman–Crippen MR) is 116 cm³/mol. The number of carbonyl (C=O) groups is 1. The first-order valence-corrected chi connectivity index (χ1v) is 11.0. The van der Waals surface area contributed by atoms with Crippen LogP contribution in [0.15, 0.2) is 47.1 Å². The van der Waals surface area contributed by atoms with Crippen molar-refractivity contribution in [1.82, 2.24) is 4.98 Å². The predicted octanol–water partition coefficient (Wildman–Crippen LogP) is 4.27. The molecule has 30 heavy (non-hydrogen) atoms. The first kappa shape index (κ1) is 20.0. The Morgan fingerprint density at radius 1 is 1.20 bits per heavy atom. The molecule has 0 atom stereocenters. The van der Waals surface area contributed by atoms with E-state index in [1.54, 1.807) is 25.3 Å². The van der Waals surface area contributed by atoms with Crippen LogP contribution >= 0.6 is 11.6 Å². The molecule has 0 radical (unpaired) electrons. The summed E-state index contributed by atoms with van der Waals surface area (Å²) in [5.74, 6) is -0.617. The summed E-state index contributed by atoms with van der Waals surface area (Å²) in [6.07, 6.45) is 4.04. The molecule has 10 heteroatoms. The fraction of sp³-hybridized carbons (Fsp3) is 0.100. The maximum absolute atomic E-state index is 13.1. The molecule has 0 unspecified atom stereocenters. The van der Waals surface area contributed by atoms with Gasteiger partial charge in [-0.2, -0.15) is 0 Å². The Kier molecular flexibility index (Phi) is 4.79. The lowest BCUT2D eigenvalue weighted by atomic mass is 10.0. The van der Waals surface area contributed by atoms with E-state index in [2.05, 4.69) is 15.0 Å². The van der Waals surface area contributed by atoms with Crippen molar-refractivity contribution < 1.29 is 22.7 Å². The number of phenols is 1. The normalized spacial score (nSPS) is 11.7. The number of halogens is 1. The number of furan rings is 1. The summed E-state index contributed by atoms with van der Waals surface area (Å²) >= 11 is 6.16. The maximum Gasteiger partial charge on any atom is 0.256 e. The lowest BCUT2D eigenvalue weighted by Gasteiger charge is -2.11. The van der Waals surface area contributed by atoms with Crippen molar-refractivity contribution in [2.75, 3.05) is 16.3 Å². The van der Waals surface area contributed by atoms with Gasteiger partial charge in [0.15, 0.2) is 11.3 Å².